The average molecular weight is 301 g/mol. The monoisotopic (exact) mass is 300 g/mol. The van der Waals surface area contributed by atoms with Crippen molar-refractivity contribution in [1.82, 2.24) is 0 Å². The van der Waals surface area contributed by atoms with E-state index in [0.29, 0.717) is 5.76 Å². The van der Waals surface area contributed by atoms with E-state index in [1.165, 1.54) is 7.11 Å². The summed E-state index contributed by atoms with van der Waals surface area (Å²) in [6.07, 6.45) is 3.59. The molecule has 0 radical (unpaired) electrons. The first-order valence-corrected chi connectivity index (χ1v) is 7.15. The van der Waals surface area contributed by atoms with Crippen LogP contribution in [0.5, 0.6) is 0 Å². The Morgan fingerprint density at radius 2 is 1.70 bits per heavy atom. The third-order valence-electron chi connectivity index (χ3n) is 4.61. The molecule has 0 aromatic heterocycles. The summed E-state index contributed by atoms with van der Waals surface area (Å²) >= 11 is 6.41. The largest absolute Gasteiger partial charge is 0.507 e. The van der Waals surface area contributed by atoms with Gasteiger partial charge in [0, 0.05) is 5.31 Å². The summed E-state index contributed by atoms with van der Waals surface area (Å²) in [5.41, 5.74) is -0.877. The smallest absolute Gasteiger partial charge is 0.470 e. The van der Waals surface area contributed by atoms with Gasteiger partial charge in [0.05, 0.1) is 18.3 Å². The summed E-state index contributed by atoms with van der Waals surface area (Å²) in [6, 6.07) is 0. The molecule has 0 aromatic rings. The van der Waals surface area contributed by atoms with Gasteiger partial charge in [-0.2, -0.15) is 0 Å². The molecule has 1 aliphatic carbocycles. The van der Waals surface area contributed by atoms with Crippen LogP contribution in [0.4, 0.5) is 0 Å². The summed E-state index contributed by atoms with van der Waals surface area (Å²) in [5.74, 6) is 0.382. The van der Waals surface area contributed by atoms with Crippen LogP contribution in [-0.2, 0) is 14.0 Å². The molecule has 4 nitrogen and oxygen atoms in total. The zero-order valence-electron chi connectivity index (χ0n) is 12.9. The van der Waals surface area contributed by atoms with Crippen molar-refractivity contribution in [2.24, 2.45) is 0 Å². The van der Waals surface area contributed by atoms with Gasteiger partial charge in [-0.1, -0.05) is 13.0 Å². The lowest BCUT2D eigenvalue weighted by atomic mass is 9.55. The maximum atomic E-state index is 10.2. The molecule has 6 heteroatoms. The molecule has 1 aliphatic heterocycles. The molecule has 1 fully saturated rings. The first kappa shape index (κ1) is 15.7. The van der Waals surface area contributed by atoms with Crippen LogP contribution < -0.4 is 0 Å². The third-order valence-corrected chi connectivity index (χ3v) is 5.29. The molecule has 112 valence electrons. The highest BCUT2D eigenvalue weighted by molar-refractivity contribution is 6.53. The molecule has 0 aromatic carbocycles. The summed E-state index contributed by atoms with van der Waals surface area (Å²) in [5, 5.41) is 8.82. The van der Waals surface area contributed by atoms with Crippen LogP contribution in [-0.4, -0.2) is 35.9 Å². The third kappa shape index (κ3) is 2.16. The Labute approximate surface area is 125 Å². The fourth-order valence-electron chi connectivity index (χ4n) is 2.31. The van der Waals surface area contributed by atoms with Crippen molar-refractivity contribution in [3.05, 3.63) is 23.7 Å². The fraction of sp³-hybridized carbons (Fsp3) is 0.714. The predicted octanol–water partition coefficient (Wildman–Crippen LogP) is 3.43. The van der Waals surface area contributed by atoms with Gasteiger partial charge in [0.1, 0.15) is 5.38 Å². The second-order valence-electron chi connectivity index (χ2n) is 6.60. The Hall–Kier alpha value is -0.645. The number of alkyl halides is 1. The van der Waals surface area contributed by atoms with Gasteiger partial charge in [-0.05, 0) is 33.8 Å². The summed E-state index contributed by atoms with van der Waals surface area (Å²) < 4.78 is 17.2. The Balaban J connectivity index is 2.32. The lowest BCUT2D eigenvalue weighted by molar-refractivity contribution is 0.00578. The fourth-order valence-corrected chi connectivity index (χ4v) is 2.60. The van der Waals surface area contributed by atoms with Crippen molar-refractivity contribution in [1.29, 1.82) is 0 Å². The molecule has 0 saturated carbocycles. The molecule has 0 amide bonds. The number of aliphatic hydroxyl groups excluding tert-OH is 1. The van der Waals surface area contributed by atoms with Crippen LogP contribution in [0, 0.1) is 0 Å². The number of ether oxygens (including phenoxy) is 1. The minimum Gasteiger partial charge on any atom is -0.507 e. The minimum atomic E-state index is -0.669. The maximum absolute atomic E-state index is 10.2. The molecule has 20 heavy (non-hydrogen) atoms. The van der Waals surface area contributed by atoms with E-state index in [2.05, 4.69) is 0 Å². The average Bonchev–Trinajstić information content (AvgIpc) is 2.56. The number of rotatable bonds is 2. The highest BCUT2D eigenvalue weighted by Gasteiger charge is 2.60. The van der Waals surface area contributed by atoms with Crippen LogP contribution in [0.25, 0.3) is 0 Å². The van der Waals surface area contributed by atoms with Crippen molar-refractivity contribution in [3.63, 3.8) is 0 Å². The van der Waals surface area contributed by atoms with Crippen LogP contribution in [0.2, 0.25) is 5.31 Å². The van der Waals surface area contributed by atoms with E-state index in [1.807, 2.05) is 40.7 Å². The van der Waals surface area contributed by atoms with E-state index in [4.69, 9.17) is 25.6 Å². The lowest BCUT2D eigenvalue weighted by Crippen LogP contribution is -2.41. The molecular weight excluding hydrogens is 278 g/mol. The molecule has 0 spiro atoms. The summed E-state index contributed by atoms with van der Waals surface area (Å²) in [6.45, 7) is 9.86. The Bertz CT molecular complexity index is 456. The number of methoxy groups -OCH3 is 1. The molecular formula is C14H22BClO4. The van der Waals surface area contributed by atoms with Crippen LogP contribution in [0.1, 0.15) is 34.6 Å². The number of hydrogen-bond donors (Lipinski definition) is 1. The van der Waals surface area contributed by atoms with Gasteiger partial charge in [0.2, 0.25) is 0 Å². The summed E-state index contributed by atoms with van der Waals surface area (Å²) in [7, 11) is 0.962. The predicted molar refractivity (Wildman–Crippen MR) is 79.9 cm³/mol. The normalized spacial score (nSPS) is 35.5. The standard InChI is InChI=1S/C14H22BClO4/c1-12(2)13(3,4)20-15(19-12)14(5)8-7-9(18-6)10(17)11(14)16/h7-8,11,17H,1-6H3. The Morgan fingerprint density at radius 1 is 1.20 bits per heavy atom. The number of allylic oxidation sites excluding steroid dienone is 3. The molecule has 2 unspecified atom stereocenters. The first-order valence-electron chi connectivity index (χ1n) is 6.71. The van der Waals surface area contributed by atoms with E-state index in [-0.39, 0.29) is 5.76 Å². The quantitative estimate of drug-likeness (QED) is 0.627. The molecule has 2 rings (SSSR count). The maximum Gasteiger partial charge on any atom is 0.470 e. The molecule has 0 bridgehead atoms. The van der Waals surface area contributed by atoms with E-state index < -0.39 is 29.0 Å². The highest BCUT2D eigenvalue weighted by atomic mass is 35.5. The lowest BCUT2D eigenvalue weighted by Gasteiger charge is -2.35. The molecule has 2 atom stereocenters. The van der Waals surface area contributed by atoms with Gasteiger partial charge in [0.25, 0.3) is 0 Å². The van der Waals surface area contributed by atoms with E-state index >= 15 is 0 Å². The van der Waals surface area contributed by atoms with Gasteiger partial charge in [-0.15, -0.1) is 11.6 Å². The summed E-state index contributed by atoms with van der Waals surface area (Å²) in [4.78, 5) is 0. The van der Waals surface area contributed by atoms with Crippen molar-refractivity contribution < 1.29 is 19.2 Å². The van der Waals surface area contributed by atoms with Gasteiger partial charge >= 0.3 is 7.12 Å². The van der Waals surface area contributed by atoms with Crippen molar-refractivity contribution in [2.75, 3.05) is 7.11 Å². The number of hydrogen-bond acceptors (Lipinski definition) is 4. The van der Waals surface area contributed by atoms with Gasteiger partial charge in [-0.3, -0.25) is 0 Å². The minimum absolute atomic E-state index is 0.00822. The number of halogens is 1. The Kier molecular flexibility index (Phi) is 3.69. The van der Waals surface area contributed by atoms with Crippen molar-refractivity contribution >= 4 is 18.7 Å². The molecule has 1 N–H and O–H groups in total. The topological polar surface area (TPSA) is 47.9 Å². The first-order chi connectivity index (χ1) is 9.05. The van der Waals surface area contributed by atoms with Crippen molar-refractivity contribution in [2.45, 2.75) is 56.5 Å². The van der Waals surface area contributed by atoms with Gasteiger partial charge < -0.3 is 19.2 Å². The highest BCUT2D eigenvalue weighted by Crippen LogP contribution is 2.52. The molecule has 2 aliphatic rings. The van der Waals surface area contributed by atoms with E-state index in [1.54, 1.807) is 6.08 Å². The molecule has 1 heterocycles. The van der Waals surface area contributed by atoms with Crippen LogP contribution >= 0.6 is 11.6 Å². The SMILES string of the molecule is COC1=C(O)C(Cl)C(C)(B2OC(C)(C)C(C)(C)O2)C=C1. The second-order valence-corrected chi connectivity index (χ2v) is 7.04. The van der Waals surface area contributed by atoms with E-state index in [0.717, 1.165) is 0 Å². The van der Waals surface area contributed by atoms with Gasteiger partial charge in [-0.25, -0.2) is 0 Å². The van der Waals surface area contributed by atoms with Crippen LogP contribution in [0.15, 0.2) is 23.7 Å². The van der Waals surface area contributed by atoms with Crippen molar-refractivity contribution in [3.8, 4) is 0 Å². The van der Waals surface area contributed by atoms with E-state index in [9.17, 15) is 5.11 Å². The molecule has 1 saturated heterocycles. The zero-order chi connectivity index (χ0) is 15.3. The van der Waals surface area contributed by atoms with Gasteiger partial charge in [0.15, 0.2) is 11.5 Å². The number of aliphatic hydroxyl groups is 1. The van der Waals surface area contributed by atoms with Crippen LogP contribution in [0.3, 0.4) is 0 Å². The Morgan fingerprint density at radius 3 is 2.15 bits per heavy atom. The second kappa shape index (κ2) is 4.68. The zero-order valence-corrected chi connectivity index (χ0v) is 13.6.